The van der Waals surface area contributed by atoms with E-state index in [9.17, 15) is 34.8 Å². The number of hydrogen-bond acceptors (Lipinski definition) is 7. The lowest BCUT2D eigenvalue weighted by molar-refractivity contribution is -0.147. The predicted octanol–water partition coefficient (Wildman–Crippen LogP) is 2.55. The highest BCUT2D eigenvalue weighted by molar-refractivity contribution is 6.22. The molecule has 8 nitrogen and oxygen atoms in total. The van der Waals surface area contributed by atoms with Crippen molar-refractivity contribution in [1.29, 1.82) is 0 Å². The molecule has 180 valence electrons. The second-order valence-electron chi connectivity index (χ2n) is 10.2. The number of primary amides is 1. The van der Waals surface area contributed by atoms with Crippen molar-refractivity contribution in [3.63, 3.8) is 0 Å². The van der Waals surface area contributed by atoms with E-state index >= 15 is 0 Å². The Kier molecular flexibility index (Phi) is 5.31. The molecule has 0 bridgehead atoms. The molecule has 1 aromatic rings. The number of hydrogen-bond donors (Lipinski definition) is 5. The van der Waals surface area contributed by atoms with Crippen molar-refractivity contribution in [3.8, 4) is 5.75 Å². The van der Waals surface area contributed by atoms with E-state index in [-0.39, 0.29) is 29.7 Å². The fourth-order valence-electron chi connectivity index (χ4n) is 6.58. The molecule has 0 spiro atoms. The molecular formula is C26H29NO7. The van der Waals surface area contributed by atoms with Gasteiger partial charge in [0.2, 0.25) is 5.78 Å². The molecular weight excluding hydrogens is 438 g/mol. The second-order valence-corrected chi connectivity index (χ2v) is 10.2. The van der Waals surface area contributed by atoms with Crippen LogP contribution in [-0.2, 0) is 27.2 Å². The summed E-state index contributed by atoms with van der Waals surface area (Å²) in [5.41, 5.74) is 3.78. The fourth-order valence-corrected chi connectivity index (χ4v) is 6.58. The molecule has 0 radical (unpaired) electrons. The van der Waals surface area contributed by atoms with Crippen LogP contribution in [0.5, 0.6) is 5.75 Å². The molecule has 34 heavy (non-hydrogen) atoms. The first-order valence-electron chi connectivity index (χ1n) is 12.0. The summed E-state index contributed by atoms with van der Waals surface area (Å²) in [4.78, 5) is 37.7. The van der Waals surface area contributed by atoms with Gasteiger partial charge in [0, 0.05) is 17.9 Å². The number of aryl methyl sites for hydroxylation is 1. The van der Waals surface area contributed by atoms with Crippen LogP contribution in [0.25, 0.3) is 5.76 Å². The molecule has 5 rings (SSSR count). The lowest BCUT2D eigenvalue weighted by Gasteiger charge is -2.46. The van der Waals surface area contributed by atoms with Crippen molar-refractivity contribution in [2.75, 3.05) is 0 Å². The Hall–Kier alpha value is -3.13. The Labute approximate surface area is 196 Å². The lowest BCUT2D eigenvalue weighted by atomic mass is 9.59. The van der Waals surface area contributed by atoms with E-state index in [0.717, 1.165) is 24.0 Å². The number of carbonyl (C=O) groups excluding carboxylic acids is 3. The number of benzene rings is 1. The molecule has 0 aliphatic heterocycles. The largest absolute Gasteiger partial charge is 0.508 e. The third-order valence-corrected chi connectivity index (χ3v) is 8.34. The topological polar surface area (TPSA) is 158 Å². The zero-order chi connectivity index (χ0) is 24.4. The molecule has 0 unspecified atom stereocenters. The van der Waals surface area contributed by atoms with E-state index in [2.05, 4.69) is 0 Å². The number of rotatable bonds is 4. The molecule has 3 atom stereocenters. The minimum atomic E-state index is -2.52. The summed E-state index contributed by atoms with van der Waals surface area (Å²) in [6, 6.07) is 3.37. The molecule has 8 heteroatoms. The van der Waals surface area contributed by atoms with Gasteiger partial charge in [0.15, 0.2) is 11.4 Å². The molecule has 2 saturated carbocycles. The minimum Gasteiger partial charge on any atom is -0.508 e. The van der Waals surface area contributed by atoms with Crippen LogP contribution in [0.2, 0.25) is 0 Å². The molecule has 4 aliphatic rings. The number of aliphatic hydroxyl groups excluding tert-OH is 2. The summed E-state index contributed by atoms with van der Waals surface area (Å²) in [5.74, 6) is -5.31. The number of ketones is 2. The average molecular weight is 468 g/mol. The summed E-state index contributed by atoms with van der Waals surface area (Å²) in [6.45, 7) is 0. The first-order valence-corrected chi connectivity index (χ1v) is 12.0. The SMILES string of the molecule is NC(=O)C1=C(O)[C@@]2(O)C(=O)C3=C(O)c4c(O)ccc(CCC5CCCC5)c4C[C@H]3C[C@H]2CC1=O. The summed E-state index contributed by atoms with van der Waals surface area (Å²) in [5, 5.41) is 43.6. The Balaban J connectivity index is 1.58. The van der Waals surface area contributed by atoms with Gasteiger partial charge in [-0.05, 0) is 54.7 Å². The highest BCUT2D eigenvalue weighted by atomic mass is 16.3. The van der Waals surface area contributed by atoms with E-state index < -0.39 is 52.0 Å². The molecule has 0 aromatic heterocycles. The van der Waals surface area contributed by atoms with E-state index in [0.29, 0.717) is 12.3 Å². The van der Waals surface area contributed by atoms with Gasteiger partial charge in [-0.15, -0.1) is 0 Å². The van der Waals surface area contributed by atoms with Crippen LogP contribution in [0.15, 0.2) is 29.0 Å². The van der Waals surface area contributed by atoms with Gasteiger partial charge >= 0.3 is 0 Å². The van der Waals surface area contributed by atoms with Crippen LogP contribution in [0.3, 0.4) is 0 Å². The molecule has 2 fully saturated rings. The Bertz CT molecular complexity index is 1170. The van der Waals surface area contributed by atoms with Crippen LogP contribution >= 0.6 is 0 Å². The number of phenolic OH excluding ortho intramolecular Hbond substituents is 1. The number of amides is 1. The number of fused-ring (bicyclic) bond motifs is 3. The maximum absolute atomic E-state index is 13.5. The van der Waals surface area contributed by atoms with Gasteiger partial charge in [-0.1, -0.05) is 31.7 Å². The maximum atomic E-state index is 13.5. The lowest BCUT2D eigenvalue weighted by Crippen LogP contribution is -2.58. The van der Waals surface area contributed by atoms with Crippen LogP contribution in [-0.4, -0.2) is 43.5 Å². The van der Waals surface area contributed by atoms with Gasteiger partial charge < -0.3 is 26.2 Å². The standard InChI is InChI=1S/C26H29NO7/c27-25(33)21-18(29)11-15-9-14-10-16-13(6-5-12-3-1-2-4-12)7-8-17(28)20(16)22(30)19(14)23(31)26(15,34)24(21)32/h7-8,12,14-15,28,30,32,34H,1-6,9-11H2,(H2,27,33)/t14-,15+,26+/m1/s1. The molecule has 0 saturated heterocycles. The third-order valence-electron chi connectivity index (χ3n) is 8.34. The van der Waals surface area contributed by atoms with Crippen molar-refractivity contribution >= 4 is 23.2 Å². The number of nitrogens with two attached hydrogens (primary N) is 1. The predicted molar refractivity (Wildman–Crippen MR) is 122 cm³/mol. The fraction of sp³-hybridized carbons (Fsp3) is 0.500. The van der Waals surface area contributed by atoms with Crippen LogP contribution in [0, 0.1) is 17.8 Å². The Morgan fingerprint density at radius 1 is 1.09 bits per heavy atom. The van der Waals surface area contributed by atoms with Crippen LogP contribution in [0.4, 0.5) is 0 Å². The molecule has 6 N–H and O–H groups in total. The van der Waals surface area contributed by atoms with Gasteiger partial charge in [-0.25, -0.2) is 0 Å². The van der Waals surface area contributed by atoms with Crippen molar-refractivity contribution in [2.45, 2.75) is 63.4 Å². The van der Waals surface area contributed by atoms with E-state index in [4.69, 9.17) is 5.73 Å². The Morgan fingerprint density at radius 3 is 2.47 bits per heavy atom. The zero-order valence-corrected chi connectivity index (χ0v) is 18.8. The van der Waals surface area contributed by atoms with Crippen LogP contribution in [0.1, 0.15) is 61.6 Å². The summed E-state index contributed by atoms with van der Waals surface area (Å²) < 4.78 is 0. The second kappa shape index (κ2) is 7.98. The van der Waals surface area contributed by atoms with Gasteiger partial charge in [0.1, 0.15) is 22.8 Å². The highest BCUT2D eigenvalue weighted by Gasteiger charge is 2.60. The summed E-state index contributed by atoms with van der Waals surface area (Å²) >= 11 is 0. The molecule has 1 aromatic carbocycles. The molecule has 4 aliphatic carbocycles. The third kappa shape index (κ3) is 3.19. The van der Waals surface area contributed by atoms with Crippen molar-refractivity contribution in [1.82, 2.24) is 0 Å². The minimum absolute atomic E-state index is 0.0980. The smallest absolute Gasteiger partial charge is 0.255 e. The molecule has 0 heterocycles. The summed E-state index contributed by atoms with van der Waals surface area (Å²) in [7, 11) is 0. The van der Waals surface area contributed by atoms with Crippen LogP contribution < -0.4 is 5.73 Å². The number of Topliss-reactive ketones (excluding diaryl/α,β-unsaturated/α-hetero) is 2. The van der Waals surface area contributed by atoms with E-state index in [1.165, 1.54) is 31.7 Å². The van der Waals surface area contributed by atoms with Crippen molar-refractivity contribution in [2.24, 2.45) is 23.5 Å². The van der Waals surface area contributed by atoms with Crippen molar-refractivity contribution in [3.05, 3.63) is 45.7 Å². The summed E-state index contributed by atoms with van der Waals surface area (Å²) in [6.07, 6.45) is 6.95. The normalized spacial score (nSPS) is 29.2. The number of aromatic hydroxyl groups is 1. The number of aliphatic hydroxyl groups is 3. The first-order chi connectivity index (χ1) is 16.1. The molecule has 1 amide bonds. The first kappa shape index (κ1) is 22.7. The zero-order valence-electron chi connectivity index (χ0n) is 18.8. The maximum Gasteiger partial charge on any atom is 0.255 e. The van der Waals surface area contributed by atoms with E-state index in [1.54, 1.807) is 0 Å². The average Bonchev–Trinajstić information content (AvgIpc) is 3.29. The van der Waals surface area contributed by atoms with Crippen molar-refractivity contribution < 1.29 is 34.8 Å². The monoisotopic (exact) mass is 467 g/mol. The Morgan fingerprint density at radius 2 is 1.79 bits per heavy atom. The van der Waals surface area contributed by atoms with Gasteiger partial charge in [-0.3, -0.25) is 14.4 Å². The van der Waals surface area contributed by atoms with Gasteiger partial charge in [0.25, 0.3) is 5.91 Å². The highest BCUT2D eigenvalue weighted by Crippen LogP contribution is 2.52. The van der Waals surface area contributed by atoms with Gasteiger partial charge in [-0.2, -0.15) is 0 Å². The van der Waals surface area contributed by atoms with Gasteiger partial charge in [0.05, 0.1) is 5.56 Å². The van der Waals surface area contributed by atoms with E-state index in [1.807, 2.05) is 6.07 Å². The number of phenols is 1. The quantitative estimate of drug-likeness (QED) is 0.426. The number of carbonyl (C=O) groups is 3.